The third-order valence-corrected chi connectivity index (χ3v) is 2.58. The predicted octanol–water partition coefficient (Wildman–Crippen LogP) is 3.78. The average Bonchev–Trinajstić information content (AvgIpc) is 2.39. The van der Waals surface area contributed by atoms with Gasteiger partial charge in [-0.3, -0.25) is 0 Å². The summed E-state index contributed by atoms with van der Waals surface area (Å²) >= 11 is 0. The monoisotopic (exact) mass is 234 g/mol. The summed E-state index contributed by atoms with van der Waals surface area (Å²) in [5.74, 6) is 0. The normalized spacial score (nSPS) is 10.8. The minimum Gasteiger partial charge on any atom is -0.392 e. The molecule has 0 bridgehead atoms. The molecule has 0 amide bonds. The summed E-state index contributed by atoms with van der Waals surface area (Å²) in [5, 5.41) is 9.03. The summed E-state index contributed by atoms with van der Waals surface area (Å²) < 4.78 is 25.1. The fourth-order valence-electron chi connectivity index (χ4n) is 1.70. The topological polar surface area (TPSA) is 20.2 Å². The molecule has 0 spiro atoms. The maximum atomic E-state index is 12.6. The van der Waals surface area contributed by atoms with Crippen LogP contribution in [0, 0.1) is 0 Å². The molecule has 0 heterocycles. The van der Waals surface area contributed by atoms with Crippen molar-refractivity contribution >= 4 is 0 Å². The second-order valence-corrected chi connectivity index (χ2v) is 3.78. The smallest absolute Gasteiger partial charge is 0.263 e. The molecule has 2 rings (SSSR count). The van der Waals surface area contributed by atoms with E-state index < -0.39 is 6.43 Å². The van der Waals surface area contributed by atoms with Crippen LogP contribution >= 0.6 is 0 Å². The van der Waals surface area contributed by atoms with Crippen LogP contribution in [0.1, 0.15) is 17.6 Å². The van der Waals surface area contributed by atoms with E-state index >= 15 is 0 Å². The highest BCUT2D eigenvalue weighted by Gasteiger charge is 2.07. The fraction of sp³-hybridized carbons (Fsp3) is 0.143. The second-order valence-electron chi connectivity index (χ2n) is 3.78. The van der Waals surface area contributed by atoms with Crippen LogP contribution in [-0.2, 0) is 6.61 Å². The summed E-state index contributed by atoms with van der Waals surface area (Å²) in [6.45, 7) is -0.0532. The Kier molecular flexibility index (Phi) is 3.49. The van der Waals surface area contributed by atoms with Crippen LogP contribution in [0.25, 0.3) is 11.1 Å². The highest BCUT2D eigenvalue weighted by molar-refractivity contribution is 5.65. The highest BCUT2D eigenvalue weighted by Crippen LogP contribution is 2.26. The zero-order valence-electron chi connectivity index (χ0n) is 9.11. The molecule has 1 N–H and O–H groups in total. The van der Waals surface area contributed by atoms with E-state index in [4.69, 9.17) is 5.11 Å². The lowest BCUT2D eigenvalue weighted by molar-refractivity contribution is 0.151. The van der Waals surface area contributed by atoms with Crippen LogP contribution in [0.5, 0.6) is 0 Å². The van der Waals surface area contributed by atoms with E-state index in [-0.39, 0.29) is 12.2 Å². The largest absolute Gasteiger partial charge is 0.392 e. The van der Waals surface area contributed by atoms with E-state index in [0.29, 0.717) is 0 Å². The van der Waals surface area contributed by atoms with Gasteiger partial charge in [0.25, 0.3) is 6.43 Å². The van der Waals surface area contributed by atoms with Crippen molar-refractivity contribution in [2.75, 3.05) is 0 Å². The predicted molar refractivity (Wildman–Crippen MR) is 62.8 cm³/mol. The van der Waals surface area contributed by atoms with Crippen LogP contribution in [0.2, 0.25) is 0 Å². The van der Waals surface area contributed by atoms with Gasteiger partial charge >= 0.3 is 0 Å². The summed E-state index contributed by atoms with van der Waals surface area (Å²) in [6.07, 6.45) is -2.46. The van der Waals surface area contributed by atoms with Crippen LogP contribution in [0.15, 0.2) is 48.5 Å². The van der Waals surface area contributed by atoms with E-state index in [9.17, 15) is 8.78 Å². The van der Waals surface area contributed by atoms with Crippen molar-refractivity contribution in [2.24, 2.45) is 0 Å². The maximum Gasteiger partial charge on any atom is 0.263 e. The summed E-state index contributed by atoms with van der Waals surface area (Å²) in [4.78, 5) is 0. The van der Waals surface area contributed by atoms with Gasteiger partial charge in [-0.05, 0) is 28.8 Å². The number of halogens is 2. The zero-order valence-corrected chi connectivity index (χ0v) is 9.11. The molecule has 0 saturated carbocycles. The molecule has 0 radical (unpaired) electrons. The molecule has 1 nitrogen and oxygen atoms in total. The average molecular weight is 234 g/mol. The molecule has 0 unspecified atom stereocenters. The Labute approximate surface area is 98.3 Å². The molecule has 17 heavy (non-hydrogen) atoms. The van der Waals surface area contributed by atoms with Crippen LogP contribution in [0.4, 0.5) is 8.78 Å². The van der Waals surface area contributed by atoms with E-state index in [1.54, 1.807) is 30.3 Å². The molecule has 88 valence electrons. The van der Waals surface area contributed by atoms with Crippen molar-refractivity contribution in [1.82, 2.24) is 0 Å². The molecular formula is C14H12F2O. The second kappa shape index (κ2) is 5.06. The number of hydrogen-bond donors (Lipinski definition) is 1. The molecule has 0 aliphatic rings. The van der Waals surface area contributed by atoms with Gasteiger partial charge in [-0.1, -0.05) is 36.4 Å². The van der Waals surface area contributed by atoms with Gasteiger partial charge in [0.1, 0.15) is 0 Å². The standard InChI is InChI=1S/C14H12F2O/c15-14(16)13-6-2-5-12(8-13)11-4-1-3-10(7-11)9-17/h1-8,14,17H,9H2. The first-order valence-corrected chi connectivity index (χ1v) is 5.29. The van der Waals surface area contributed by atoms with Gasteiger partial charge in [0.2, 0.25) is 0 Å². The summed E-state index contributed by atoms with van der Waals surface area (Å²) in [7, 11) is 0. The van der Waals surface area contributed by atoms with Gasteiger partial charge in [-0.25, -0.2) is 8.78 Å². The molecule has 3 heteroatoms. The van der Waals surface area contributed by atoms with Crippen molar-refractivity contribution in [2.45, 2.75) is 13.0 Å². The van der Waals surface area contributed by atoms with Crippen molar-refractivity contribution in [3.8, 4) is 11.1 Å². The molecule has 2 aromatic carbocycles. The number of hydrogen-bond acceptors (Lipinski definition) is 1. The van der Waals surface area contributed by atoms with Crippen LogP contribution in [0.3, 0.4) is 0 Å². The SMILES string of the molecule is OCc1cccc(-c2cccc(C(F)F)c2)c1. The Bertz CT molecular complexity index is 509. The number of alkyl halides is 2. The van der Waals surface area contributed by atoms with Gasteiger partial charge in [0.05, 0.1) is 6.61 Å². The van der Waals surface area contributed by atoms with Crippen LogP contribution in [-0.4, -0.2) is 5.11 Å². The minimum absolute atomic E-state index is 0.0110. The molecular weight excluding hydrogens is 222 g/mol. The third kappa shape index (κ3) is 2.68. The highest BCUT2D eigenvalue weighted by atomic mass is 19.3. The van der Waals surface area contributed by atoms with Crippen molar-refractivity contribution in [3.63, 3.8) is 0 Å². The summed E-state index contributed by atoms with van der Waals surface area (Å²) in [5.41, 5.74) is 2.35. The Hall–Kier alpha value is -1.74. The molecule has 0 saturated heterocycles. The minimum atomic E-state index is -2.46. The van der Waals surface area contributed by atoms with E-state index in [2.05, 4.69) is 0 Å². The Morgan fingerprint density at radius 3 is 2.24 bits per heavy atom. The molecule has 0 aromatic heterocycles. The van der Waals surface area contributed by atoms with Crippen molar-refractivity contribution < 1.29 is 13.9 Å². The quantitative estimate of drug-likeness (QED) is 0.856. The van der Waals surface area contributed by atoms with Gasteiger partial charge < -0.3 is 5.11 Å². The first kappa shape index (κ1) is 11.7. The number of benzene rings is 2. The van der Waals surface area contributed by atoms with Gasteiger partial charge in [-0.15, -0.1) is 0 Å². The molecule has 0 aliphatic carbocycles. The van der Waals surface area contributed by atoms with Crippen molar-refractivity contribution in [3.05, 3.63) is 59.7 Å². The van der Waals surface area contributed by atoms with Gasteiger partial charge in [-0.2, -0.15) is 0 Å². The number of rotatable bonds is 3. The molecule has 0 atom stereocenters. The van der Waals surface area contributed by atoms with E-state index in [1.165, 1.54) is 12.1 Å². The Balaban J connectivity index is 2.41. The van der Waals surface area contributed by atoms with Crippen molar-refractivity contribution in [1.29, 1.82) is 0 Å². The third-order valence-electron chi connectivity index (χ3n) is 2.58. The Morgan fingerprint density at radius 1 is 0.941 bits per heavy atom. The Morgan fingerprint density at radius 2 is 1.59 bits per heavy atom. The van der Waals surface area contributed by atoms with Gasteiger partial charge in [0.15, 0.2) is 0 Å². The summed E-state index contributed by atoms with van der Waals surface area (Å²) in [6, 6.07) is 13.5. The first-order valence-electron chi connectivity index (χ1n) is 5.29. The maximum absolute atomic E-state index is 12.6. The molecule has 0 fully saturated rings. The lowest BCUT2D eigenvalue weighted by Crippen LogP contribution is -1.87. The van der Waals surface area contributed by atoms with E-state index in [0.717, 1.165) is 16.7 Å². The molecule has 0 aliphatic heterocycles. The lowest BCUT2D eigenvalue weighted by atomic mass is 10.0. The fourth-order valence-corrected chi connectivity index (χ4v) is 1.70. The van der Waals surface area contributed by atoms with Gasteiger partial charge in [0, 0.05) is 5.56 Å². The molecule has 2 aromatic rings. The van der Waals surface area contributed by atoms with E-state index in [1.807, 2.05) is 6.07 Å². The number of aliphatic hydroxyl groups is 1. The number of aliphatic hydroxyl groups excluding tert-OH is 1. The zero-order chi connectivity index (χ0) is 12.3. The van der Waals surface area contributed by atoms with Crippen LogP contribution < -0.4 is 0 Å². The first-order chi connectivity index (χ1) is 8.20. The lowest BCUT2D eigenvalue weighted by Gasteiger charge is -2.06.